The van der Waals surface area contributed by atoms with E-state index in [4.69, 9.17) is 0 Å². The van der Waals surface area contributed by atoms with Crippen LogP contribution in [0.15, 0.2) is 59.3 Å². The van der Waals surface area contributed by atoms with Crippen LogP contribution in [0, 0.1) is 0 Å². The second-order valence-electron chi connectivity index (χ2n) is 3.54. The Bertz CT molecular complexity index is 536. The normalized spacial score (nSPS) is 10.7. The van der Waals surface area contributed by atoms with Gasteiger partial charge in [-0.3, -0.25) is 0 Å². The van der Waals surface area contributed by atoms with Crippen LogP contribution in [-0.2, 0) is 0 Å². The van der Waals surface area contributed by atoms with Crippen LogP contribution in [0.2, 0.25) is 0 Å². The first-order chi connectivity index (χ1) is 7.45. The van der Waals surface area contributed by atoms with Crippen LogP contribution in [0.3, 0.4) is 0 Å². The van der Waals surface area contributed by atoms with Crippen molar-refractivity contribution in [2.24, 2.45) is 0 Å². The third kappa shape index (κ3) is 1.45. The van der Waals surface area contributed by atoms with Gasteiger partial charge in [0.05, 0.1) is 0 Å². The molecule has 0 saturated heterocycles. The predicted octanol–water partition coefficient (Wildman–Crippen LogP) is 4.52. The summed E-state index contributed by atoms with van der Waals surface area (Å²) in [6.45, 7) is 0. The Hall–Kier alpha value is -1.60. The van der Waals surface area contributed by atoms with E-state index in [0.717, 1.165) is 0 Å². The Kier molecular flexibility index (Phi) is 2.04. The van der Waals surface area contributed by atoms with E-state index in [2.05, 4.69) is 59.3 Å². The van der Waals surface area contributed by atoms with Crippen LogP contribution < -0.4 is 0 Å². The van der Waals surface area contributed by atoms with Crippen LogP contribution in [0.5, 0.6) is 0 Å². The predicted molar refractivity (Wildman–Crippen MR) is 66.4 cm³/mol. The van der Waals surface area contributed by atoms with E-state index in [1.807, 2.05) is 0 Å². The van der Waals surface area contributed by atoms with Gasteiger partial charge in [-0.05, 0) is 39.1 Å². The molecule has 0 radical (unpaired) electrons. The van der Waals surface area contributed by atoms with E-state index < -0.39 is 0 Å². The van der Waals surface area contributed by atoms with E-state index in [0.29, 0.717) is 0 Å². The van der Waals surface area contributed by atoms with Gasteiger partial charge in [-0.15, -0.1) is 0 Å². The number of hydrogen-bond acceptors (Lipinski definition) is 1. The molecular weight excluding hydrogens is 200 g/mol. The molecule has 0 aromatic heterocycles. The number of benzene rings is 1. The van der Waals surface area contributed by atoms with Crippen molar-refractivity contribution < 1.29 is 0 Å². The van der Waals surface area contributed by atoms with Crippen molar-refractivity contribution in [2.75, 3.05) is 0 Å². The standard InChI is InChI=1S/C14H10S/c1-2-4-11(5-3-1)13-7-6-12-10-15-9-8-14(12)13/h1-10H. The molecule has 1 heterocycles. The zero-order chi connectivity index (χ0) is 10.1. The molecule has 0 bridgehead atoms. The topological polar surface area (TPSA) is 0 Å². The molecule has 0 amide bonds. The Labute approximate surface area is 93.2 Å². The van der Waals surface area contributed by atoms with E-state index >= 15 is 0 Å². The van der Waals surface area contributed by atoms with E-state index in [1.54, 1.807) is 11.3 Å². The monoisotopic (exact) mass is 210 g/mol. The molecule has 3 rings (SSSR count). The fraction of sp³-hybridized carbons (Fsp3) is 0. The maximum Gasteiger partial charge on any atom is -0.00148 e. The van der Waals surface area contributed by atoms with Crippen molar-refractivity contribution in [3.05, 3.63) is 59.3 Å². The van der Waals surface area contributed by atoms with Gasteiger partial charge in [0.1, 0.15) is 0 Å². The lowest BCUT2D eigenvalue weighted by atomic mass is 10.0. The Morgan fingerprint density at radius 1 is 0.667 bits per heavy atom. The lowest BCUT2D eigenvalue weighted by molar-refractivity contribution is 1.67. The highest BCUT2D eigenvalue weighted by Gasteiger charge is 2.09. The molecule has 0 spiro atoms. The Morgan fingerprint density at radius 3 is 2.33 bits per heavy atom. The first-order valence-corrected chi connectivity index (χ1v) is 5.90. The van der Waals surface area contributed by atoms with E-state index in [9.17, 15) is 0 Å². The molecule has 1 aromatic carbocycles. The maximum atomic E-state index is 2.20. The molecule has 0 atom stereocenters. The summed E-state index contributed by atoms with van der Waals surface area (Å²) >= 11 is 1.74. The smallest absolute Gasteiger partial charge is 0.00148 e. The van der Waals surface area contributed by atoms with Gasteiger partial charge in [0.15, 0.2) is 0 Å². The molecule has 0 nitrogen and oxygen atoms in total. The molecule has 1 aromatic rings. The zero-order valence-corrected chi connectivity index (χ0v) is 9.00. The molecule has 15 heavy (non-hydrogen) atoms. The molecule has 1 aliphatic heterocycles. The number of rotatable bonds is 1. The van der Waals surface area contributed by atoms with Gasteiger partial charge in [-0.1, -0.05) is 42.5 Å². The number of hydrogen-bond donors (Lipinski definition) is 0. The van der Waals surface area contributed by atoms with E-state index in [-0.39, 0.29) is 0 Å². The molecule has 72 valence electrons. The molecule has 1 heteroatoms. The van der Waals surface area contributed by atoms with Gasteiger partial charge in [0.2, 0.25) is 0 Å². The fourth-order valence-electron chi connectivity index (χ4n) is 1.89. The molecule has 2 aliphatic rings. The Balaban J connectivity index is 2.22. The molecular formula is C14H10S. The highest BCUT2D eigenvalue weighted by Crippen LogP contribution is 2.35. The molecule has 0 unspecified atom stereocenters. The summed E-state index contributed by atoms with van der Waals surface area (Å²) in [5.41, 5.74) is 5.31. The van der Waals surface area contributed by atoms with Crippen molar-refractivity contribution >= 4 is 11.3 Å². The van der Waals surface area contributed by atoms with Crippen molar-refractivity contribution in [3.8, 4) is 22.3 Å². The van der Waals surface area contributed by atoms with Gasteiger partial charge in [-0.2, -0.15) is 11.3 Å². The van der Waals surface area contributed by atoms with Crippen molar-refractivity contribution in [2.45, 2.75) is 0 Å². The van der Waals surface area contributed by atoms with Gasteiger partial charge in [-0.25, -0.2) is 0 Å². The lowest BCUT2D eigenvalue weighted by Gasteiger charge is -2.03. The molecule has 0 fully saturated rings. The fourth-order valence-corrected chi connectivity index (χ4v) is 2.53. The second kappa shape index (κ2) is 3.52. The molecule has 1 aliphatic carbocycles. The van der Waals surface area contributed by atoms with Gasteiger partial charge in [0.25, 0.3) is 0 Å². The minimum atomic E-state index is 1.30. The first kappa shape index (κ1) is 8.69. The van der Waals surface area contributed by atoms with Crippen molar-refractivity contribution in [3.63, 3.8) is 0 Å². The third-order valence-electron chi connectivity index (χ3n) is 2.62. The largest absolute Gasteiger partial charge is 0.152 e. The average Bonchev–Trinajstić information content (AvgIpc) is 2.74. The minimum Gasteiger partial charge on any atom is -0.152 e. The van der Waals surface area contributed by atoms with Crippen molar-refractivity contribution in [1.29, 1.82) is 0 Å². The zero-order valence-electron chi connectivity index (χ0n) is 8.18. The van der Waals surface area contributed by atoms with Crippen LogP contribution in [-0.4, -0.2) is 0 Å². The summed E-state index contributed by atoms with van der Waals surface area (Å²) in [6.07, 6.45) is 0. The first-order valence-electron chi connectivity index (χ1n) is 4.95. The summed E-state index contributed by atoms with van der Waals surface area (Å²) in [6, 6.07) is 17.1. The summed E-state index contributed by atoms with van der Waals surface area (Å²) < 4.78 is 0. The van der Waals surface area contributed by atoms with Crippen LogP contribution in [0.4, 0.5) is 0 Å². The highest BCUT2D eigenvalue weighted by atomic mass is 32.1. The van der Waals surface area contributed by atoms with Gasteiger partial charge >= 0.3 is 0 Å². The van der Waals surface area contributed by atoms with E-state index in [1.165, 1.54) is 22.3 Å². The van der Waals surface area contributed by atoms with Crippen LogP contribution in [0.25, 0.3) is 22.3 Å². The maximum absolute atomic E-state index is 2.20. The van der Waals surface area contributed by atoms with Crippen molar-refractivity contribution in [1.82, 2.24) is 0 Å². The summed E-state index contributed by atoms with van der Waals surface area (Å²) in [5, 5.41) is 4.33. The SMILES string of the molecule is c1ccc(-c2ccc3csccc2-3)cc1. The third-order valence-corrected chi connectivity index (χ3v) is 3.31. The summed E-state index contributed by atoms with van der Waals surface area (Å²) in [7, 11) is 0. The quantitative estimate of drug-likeness (QED) is 0.554. The molecule has 0 N–H and O–H groups in total. The number of fused-ring (bicyclic) bond motifs is 1. The summed E-state index contributed by atoms with van der Waals surface area (Å²) in [5.74, 6) is 0. The second-order valence-corrected chi connectivity index (χ2v) is 4.32. The van der Waals surface area contributed by atoms with Crippen LogP contribution in [0.1, 0.15) is 0 Å². The van der Waals surface area contributed by atoms with Crippen LogP contribution >= 0.6 is 11.3 Å². The summed E-state index contributed by atoms with van der Waals surface area (Å²) in [4.78, 5) is 0. The lowest BCUT2D eigenvalue weighted by Crippen LogP contribution is -1.76. The minimum absolute atomic E-state index is 1.30. The highest BCUT2D eigenvalue weighted by molar-refractivity contribution is 7.07. The Morgan fingerprint density at radius 2 is 1.47 bits per heavy atom. The average molecular weight is 210 g/mol. The van der Waals surface area contributed by atoms with Gasteiger partial charge in [0, 0.05) is 0 Å². The molecule has 0 saturated carbocycles. The van der Waals surface area contributed by atoms with Gasteiger partial charge < -0.3 is 0 Å².